The van der Waals surface area contributed by atoms with Gasteiger partial charge in [0.05, 0.1) is 17.7 Å². The molecule has 1 saturated heterocycles. The number of carbonyl (C=O) groups is 1. The Balaban J connectivity index is 1.96. The van der Waals surface area contributed by atoms with Gasteiger partial charge in [-0.15, -0.1) is 0 Å². The molecule has 1 amide bonds. The van der Waals surface area contributed by atoms with Gasteiger partial charge in [0.25, 0.3) is 15.9 Å². The number of amides is 1. The van der Waals surface area contributed by atoms with Crippen LogP contribution in [-0.2, 0) is 20.9 Å². The molecule has 3 N–H and O–H groups in total. The molecule has 1 aliphatic heterocycles. The van der Waals surface area contributed by atoms with E-state index in [1.807, 2.05) is 0 Å². The molecule has 0 saturated carbocycles. The second-order valence-electron chi connectivity index (χ2n) is 7.15. The standard InChI is InChI=1S/C18H17F6N5O4S/c19-17(20,21)10-7-12(16(30)28-11-1-3-26-14(8-11)34(25,31)32)15(27-9-10)29-4-2-13(18(22,23)24)33-6-5-29/h1,3,7-9,13H,2,4-6H2,(H2,25,31,32)(H,26,28,30)/t13-/m0/s1. The quantitative estimate of drug-likeness (QED) is 0.602. The molecule has 3 heterocycles. The summed E-state index contributed by atoms with van der Waals surface area (Å²) in [6.07, 6.45) is -10.6. The topological polar surface area (TPSA) is 128 Å². The highest BCUT2D eigenvalue weighted by molar-refractivity contribution is 7.89. The number of nitrogens with zero attached hydrogens (tertiary/aromatic N) is 3. The summed E-state index contributed by atoms with van der Waals surface area (Å²) in [5, 5.41) is 6.61. The lowest BCUT2D eigenvalue weighted by molar-refractivity contribution is -0.218. The first-order valence-electron chi connectivity index (χ1n) is 9.47. The van der Waals surface area contributed by atoms with Crippen molar-refractivity contribution < 1.29 is 44.3 Å². The Morgan fingerprint density at radius 2 is 1.85 bits per heavy atom. The summed E-state index contributed by atoms with van der Waals surface area (Å²) in [7, 11) is -4.24. The Bertz CT molecular complexity index is 1170. The van der Waals surface area contributed by atoms with E-state index in [4.69, 9.17) is 9.88 Å². The number of sulfonamides is 1. The Kier molecular flexibility index (Phi) is 7.05. The molecule has 34 heavy (non-hydrogen) atoms. The monoisotopic (exact) mass is 513 g/mol. The molecule has 9 nitrogen and oxygen atoms in total. The number of halogens is 6. The lowest BCUT2D eigenvalue weighted by atomic mass is 10.1. The first-order chi connectivity index (χ1) is 15.7. The fraction of sp³-hybridized carbons (Fsp3) is 0.389. The Hall–Kier alpha value is -2.98. The smallest absolute Gasteiger partial charge is 0.367 e. The second-order valence-corrected chi connectivity index (χ2v) is 8.66. The maximum Gasteiger partial charge on any atom is 0.417 e. The Morgan fingerprint density at radius 1 is 1.15 bits per heavy atom. The summed E-state index contributed by atoms with van der Waals surface area (Å²) in [6.45, 7) is -0.875. The molecule has 0 radical (unpaired) electrons. The number of ether oxygens (including phenoxy) is 1. The highest BCUT2D eigenvalue weighted by atomic mass is 32.2. The Morgan fingerprint density at radius 3 is 2.47 bits per heavy atom. The number of carbonyl (C=O) groups excluding carboxylic acids is 1. The van der Waals surface area contributed by atoms with Gasteiger partial charge in [0.2, 0.25) is 0 Å². The number of pyridine rings is 2. The van der Waals surface area contributed by atoms with E-state index >= 15 is 0 Å². The first-order valence-corrected chi connectivity index (χ1v) is 11.0. The van der Waals surface area contributed by atoms with Crippen molar-refractivity contribution in [1.82, 2.24) is 9.97 Å². The van der Waals surface area contributed by atoms with Crippen LogP contribution >= 0.6 is 0 Å². The Labute approximate surface area is 189 Å². The number of primary sulfonamides is 1. The molecule has 0 aliphatic carbocycles. The van der Waals surface area contributed by atoms with Crippen LogP contribution in [0.5, 0.6) is 0 Å². The molecule has 16 heteroatoms. The number of hydrogen-bond donors (Lipinski definition) is 2. The van der Waals surface area contributed by atoms with Crippen molar-refractivity contribution in [1.29, 1.82) is 0 Å². The van der Waals surface area contributed by atoms with Gasteiger partial charge in [0, 0.05) is 43.7 Å². The third-order valence-electron chi connectivity index (χ3n) is 4.73. The van der Waals surface area contributed by atoms with Crippen LogP contribution < -0.4 is 15.4 Å². The highest BCUT2D eigenvalue weighted by Gasteiger charge is 2.42. The fourth-order valence-corrected chi connectivity index (χ4v) is 3.62. The summed E-state index contributed by atoms with van der Waals surface area (Å²) in [5.74, 6) is -1.41. The molecule has 3 rings (SSSR count). The van der Waals surface area contributed by atoms with Gasteiger partial charge in [-0.3, -0.25) is 4.79 Å². The van der Waals surface area contributed by atoms with Gasteiger partial charge >= 0.3 is 12.4 Å². The van der Waals surface area contributed by atoms with Gasteiger partial charge in [0.1, 0.15) is 5.82 Å². The van der Waals surface area contributed by atoms with Gasteiger partial charge in [-0.25, -0.2) is 23.5 Å². The zero-order valence-corrected chi connectivity index (χ0v) is 17.8. The zero-order chi connectivity index (χ0) is 25.3. The number of nitrogens with two attached hydrogens (primary N) is 1. The molecule has 1 aliphatic rings. The largest absolute Gasteiger partial charge is 0.417 e. The average Bonchev–Trinajstić information content (AvgIpc) is 2.98. The van der Waals surface area contributed by atoms with Crippen LogP contribution in [0.25, 0.3) is 0 Å². The van der Waals surface area contributed by atoms with Crippen molar-refractivity contribution >= 4 is 27.4 Å². The zero-order valence-electron chi connectivity index (χ0n) is 17.0. The van der Waals surface area contributed by atoms with Gasteiger partial charge in [-0.05, 0) is 12.1 Å². The van der Waals surface area contributed by atoms with E-state index in [0.717, 1.165) is 12.3 Å². The van der Waals surface area contributed by atoms with Crippen LogP contribution in [0.1, 0.15) is 22.3 Å². The first kappa shape index (κ1) is 25.6. The third-order valence-corrected chi connectivity index (χ3v) is 5.54. The number of aromatic nitrogens is 2. The van der Waals surface area contributed by atoms with Gasteiger partial charge in [-0.2, -0.15) is 26.3 Å². The molecule has 2 aromatic heterocycles. The van der Waals surface area contributed by atoms with Gasteiger partial charge in [-0.1, -0.05) is 0 Å². The van der Waals surface area contributed by atoms with E-state index in [1.165, 1.54) is 11.0 Å². The van der Waals surface area contributed by atoms with Crippen molar-refractivity contribution in [3.05, 3.63) is 41.7 Å². The number of hydrogen-bond acceptors (Lipinski definition) is 7. The van der Waals surface area contributed by atoms with Crippen LogP contribution in [0.15, 0.2) is 35.6 Å². The van der Waals surface area contributed by atoms with E-state index in [0.29, 0.717) is 12.3 Å². The van der Waals surface area contributed by atoms with E-state index in [-0.39, 0.29) is 24.6 Å². The highest BCUT2D eigenvalue weighted by Crippen LogP contribution is 2.33. The lowest BCUT2D eigenvalue weighted by Gasteiger charge is -2.24. The number of nitrogens with one attached hydrogen (secondary N) is 1. The van der Waals surface area contributed by atoms with Crippen molar-refractivity contribution in [3.63, 3.8) is 0 Å². The van der Waals surface area contributed by atoms with Crippen LogP contribution in [-0.4, -0.2) is 56.3 Å². The number of alkyl halides is 6. The van der Waals surface area contributed by atoms with Crippen molar-refractivity contribution in [3.8, 4) is 0 Å². The van der Waals surface area contributed by atoms with Gasteiger partial charge < -0.3 is 15.0 Å². The molecular weight excluding hydrogens is 496 g/mol. The number of rotatable bonds is 4. The van der Waals surface area contributed by atoms with E-state index in [2.05, 4.69) is 15.3 Å². The molecule has 1 atom stereocenters. The average molecular weight is 513 g/mol. The van der Waals surface area contributed by atoms with E-state index < -0.39 is 63.6 Å². The van der Waals surface area contributed by atoms with E-state index in [1.54, 1.807) is 0 Å². The maximum atomic E-state index is 13.2. The fourth-order valence-electron chi connectivity index (χ4n) is 3.12. The molecule has 0 unspecified atom stereocenters. The summed E-state index contributed by atoms with van der Waals surface area (Å²) < 4.78 is 106. The van der Waals surface area contributed by atoms with Crippen molar-refractivity contribution in [2.24, 2.45) is 5.14 Å². The molecule has 186 valence electrons. The van der Waals surface area contributed by atoms with Crippen LogP contribution in [0.3, 0.4) is 0 Å². The SMILES string of the molecule is NS(=O)(=O)c1cc(NC(=O)c2cc(C(F)(F)F)cnc2N2CCO[C@H](C(F)(F)F)CC2)ccn1. The molecule has 0 bridgehead atoms. The van der Waals surface area contributed by atoms with Gasteiger partial charge in [0.15, 0.2) is 11.1 Å². The second kappa shape index (κ2) is 9.34. The summed E-state index contributed by atoms with van der Waals surface area (Å²) >= 11 is 0. The number of anilines is 2. The van der Waals surface area contributed by atoms with E-state index in [9.17, 15) is 39.6 Å². The molecular formula is C18H17F6N5O4S. The molecule has 0 aromatic carbocycles. The van der Waals surface area contributed by atoms with Crippen LogP contribution in [0, 0.1) is 0 Å². The van der Waals surface area contributed by atoms with Crippen LogP contribution in [0.4, 0.5) is 37.8 Å². The van der Waals surface area contributed by atoms with Crippen molar-refractivity contribution in [2.45, 2.75) is 29.9 Å². The molecule has 0 spiro atoms. The molecule has 1 fully saturated rings. The minimum Gasteiger partial charge on any atom is -0.367 e. The predicted octanol–water partition coefficient (Wildman–Crippen LogP) is 2.55. The summed E-state index contributed by atoms with van der Waals surface area (Å²) in [6, 6.07) is 2.56. The van der Waals surface area contributed by atoms with Crippen LogP contribution in [0.2, 0.25) is 0 Å². The maximum absolute atomic E-state index is 13.2. The normalized spacial score (nSPS) is 17.9. The minimum absolute atomic E-state index is 0.149. The van der Waals surface area contributed by atoms with Crippen molar-refractivity contribution in [2.75, 3.05) is 29.9 Å². The predicted molar refractivity (Wildman–Crippen MR) is 105 cm³/mol. The molecule has 2 aromatic rings. The summed E-state index contributed by atoms with van der Waals surface area (Å²) in [5.41, 5.74) is -2.00. The minimum atomic E-state index is -4.86. The lowest BCUT2D eigenvalue weighted by Crippen LogP contribution is -2.33. The summed E-state index contributed by atoms with van der Waals surface area (Å²) in [4.78, 5) is 21.3. The third kappa shape index (κ3) is 6.12.